The fourth-order valence-corrected chi connectivity index (χ4v) is 3.05. The van der Waals surface area contributed by atoms with E-state index in [2.05, 4.69) is 5.32 Å². The highest BCUT2D eigenvalue weighted by Gasteiger charge is 2.45. The van der Waals surface area contributed by atoms with Gasteiger partial charge in [-0.25, -0.2) is 0 Å². The molecule has 0 aliphatic heterocycles. The van der Waals surface area contributed by atoms with Crippen molar-refractivity contribution in [2.45, 2.75) is 18.4 Å². The van der Waals surface area contributed by atoms with Crippen LogP contribution < -0.4 is 5.32 Å². The van der Waals surface area contributed by atoms with Crippen molar-refractivity contribution in [3.8, 4) is 0 Å². The molecule has 0 saturated heterocycles. The number of hydrogen-bond donors (Lipinski definition) is 2. The zero-order valence-corrected chi connectivity index (χ0v) is 13.1. The second kappa shape index (κ2) is 6.32. The number of aliphatic hydroxyl groups is 1. The summed E-state index contributed by atoms with van der Waals surface area (Å²) in [6, 6.07) is 8.57. The normalized spacial score (nSPS) is 21.4. The first-order valence-corrected chi connectivity index (χ1v) is 7.76. The van der Waals surface area contributed by atoms with E-state index in [4.69, 9.17) is 27.6 Å². The maximum atomic E-state index is 12.1. The number of halogens is 2. The van der Waals surface area contributed by atoms with Gasteiger partial charge in [0, 0.05) is 34.0 Å². The molecule has 2 N–H and O–H groups in total. The number of carbonyl (C=O) groups is 1. The molecule has 3 rings (SSSR count). The fraction of sp³-hybridized carbons (Fsp3) is 0.312. The van der Waals surface area contributed by atoms with Gasteiger partial charge in [0.2, 0.25) is 5.91 Å². The fourth-order valence-electron chi connectivity index (χ4n) is 2.51. The lowest BCUT2D eigenvalue weighted by molar-refractivity contribution is -0.122. The van der Waals surface area contributed by atoms with Crippen molar-refractivity contribution in [1.29, 1.82) is 0 Å². The van der Waals surface area contributed by atoms with Crippen LogP contribution in [0.4, 0.5) is 0 Å². The summed E-state index contributed by atoms with van der Waals surface area (Å²) in [6.07, 6.45) is 1.51. The Bertz CT molecular complexity index is 672. The monoisotopic (exact) mass is 339 g/mol. The van der Waals surface area contributed by atoms with E-state index < -0.39 is 6.10 Å². The van der Waals surface area contributed by atoms with Gasteiger partial charge in [-0.05, 0) is 30.7 Å². The Morgan fingerprint density at radius 2 is 2.23 bits per heavy atom. The Morgan fingerprint density at radius 1 is 1.41 bits per heavy atom. The number of furan rings is 1. The molecule has 116 valence electrons. The highest BCUT2D eigenvalue weighted by Crippen LogP contribution is 2.47. The molecule has 22 heavy (non-hydrogen) atoms. The number of hydrogen-bond acceptors (Lipinski definition) is 3. The molecule has 6 heteroatoms. The first-order chi connectivity index (χ1) is 10.6. The number of nitrogens with one attached hydrogen (secondary N) is 1. The van der Waals surface area contributed by atoms with E-state index in [0.717, 1.165) is 12.2 Å². The highest BCUT2D eigenvalue weighted by molar-refractivity contribution is 6.35. The molecule has 4 nitrogen and oxygen atoms in total. The molecule has 2 aromatic rings. The van der Waals surface area contributed by atoms with Crippen molar-refractivity contribution in [1.82, 2.24) is 5.32 Å². The summed E-state index contributed by atoms with van der Waals surface area (Å²) < 4.78 is 5.30. The Morgan fingerprint density at radius 3 is 2.91 bits per heavy atom. The summed E-state index contributed by atoms with van der Waals surface area (Å²) in [4.78, 5) is 12.1. The van der Waals surface area contributed by atoms with Crippen LogP contribution in [0, 0.1) is 5.92 Å². The van der Waals surface area contributed by atoms with Crippen LogP contribution in [0.15, 0.2) is 41.0 Å². The van der Waals surface area contributed by atoms with Crippen LogP contribution in [-0.2, 0) is 4.79 Å². The minimum atomic E-state index is -0.866. The van der Waals surface area contributed by atoms with Crippen molar-refractivity contribution in [2.75, 3.05) is 6.54 Å². The zero-order chi connectivity index (χ0) is 15.7. The molecule has 1 fully saturated rings. The SMILES string of the molecule is O=C(NC[C@H](O)c1ccc(Cl)cc1Cl)[C@@H]1C[C@H]1c1ccco1. The van der Waals surface area contributed by atoms with Gasteiger partial charge in [0.15, 0.2) is 0 Å². The molecule has 1 saturated carbocycles. The van der Waals surface area contributed by atoms with Crippen LogP contribution >= 0.6 is 23.2 Å². The van der Waals surface area contributed by atoms with Gasteiger partial charge in [-0.2, -0.15) is 0 Å². The molecule has 1 aliphatic rings. The summed E-state index contributed by atoms with van der Waals surface area (Å²) in [5.41, 5.74) is 0.546. The van der Waals surface area contributed by atoms with Gasteiger partial charge in [0.1, 0.15) is 5.76 Å². The predicted molar refractivity (Wildman–Crippen MR) is 84.0 cm³/mol. The van der Waals surface area contributed by atoms with Crippen LogP contribution in [-0.4, -0.2) is 17.6 Å². The molecule has 0 unspecified atom stereocenters. The van der Waals surface area contributed by atoms with Gasteiger partial charge in [-0.15, -0.1) is 0 Å². The largest absolute Gasteiger partial charge is 0.469 e. The van der Waals surface area contributed by atoms with E-state index >= 15 is 0 Å². The second-order valence-corrected chi connectivity index (χ2v) is 6.23. The van der Waals surface area contributed by atoms with Gasteiger partial charge in [0.25, 0.3) is 0 Å². The smallest absolute Gasteiger partial charge is 0.223 e. The van der Waals surface area contributed by atoms with Gasteiger partial charge in [-0.3, -0.25) is 4.79 Å². The lowest BCUT2D eigenvalue weighted by atomic mass is 10.1. The Kier molecular flexibility index (Phi) is 4.43. The second-order valence-electron chi connectivity index (χ2n) is 5.39. The Hall–Kier alpha value is -1.49. The standard InChI is InChI=1S/C16H15Cl2NO3/c17-9-3-4-10(13(18)6-9)14(20)8-19-16(21)12-7-11(12)15-2-1-5-22-15/h1-6,11-12,14,20H,7-8H2,(H,19,21)/t11-,12-,14+/m1/s1. The van der Waals surface area contributed by atoms with E-state index in [9.17, 15) is 9.90 Å². The lowest BCUT2D eigenvalue weighted by Gasteiger charge is -2.14. The van der Waals surface area contributed by atoms with Gasteiger partial charge >= 0.3 is 0 Å². The Balaban J connectivity index is 1.53. The topological polar surface area (TPSA) is 62.5 Å². The summed E-state index contributed by atoms with van der Waals surface area (Å²) in [6.45, 7) is 0.113. The van der Waals surface area contributed by atoms with Crippen LogP contribution in [0.25, 0.3) is 0 Å². The van der Waals surface area contributed by atoms with Gasteiger partial charge < -0.3 is 14.8 Å². The number of aliphatic hydroxyl groups excluding tert-OH is 1. The first-order valence-electron chi connectivity index (χ1n) is 7.00. The third-order valence-electron chi connectivity index (χ3n) is 3.83. The number of amides is 1. The number of benzene rings is 1. The maximum absolute atomic E-state index is 12.1. The summed E-state index contributed by atoms with van der Waals surface area (Å²) >= 11 is 11.9. The highest BCUT2D eigenvalue weighted by atomic mass is 35.5. The molecule has 1 aromatic heterocycles. The minimum Gasteiger partial charge on any atom is -0.469 e. The maximum Gasteiger partial charge on any atom is 0.223 e. The van der Waals surface area contributed by atoms with Crippen molar-refractivity contribution in [2.24, 2.45) is 5.92 Å². The average Bonchev–Trinajstić information content (AvgIpc) is 3.10. The molecule has 3 atom stereocenters. The number of carbonyl (C=O) groups excluding carboxylic acids is 1. The van der Waals surface area contributed by atoms with Crippen LogP contribution in [0.2, 0.25) is 10.0 Å². The molecule has 0 spiro atoms. The van der Waals surface area contributed by atoms with E-state index in [-0.39, 0.29) is 24.3 Å². The average molecular weight is 340 g/mol. The summed E-state index contributed by atoms with van der Waals surface area (Å²) in [7, 11) is 0. The summed E-state index contributed by atoms with van der Waals surface area (Å²) in [5.74, 6) is 0.817. The molecule has 1 heterocycles. The van der Waals surface area contributed by atoms with Gasteiger partial charge in [-0.1, -0.05) is 29.3 Å². The molecular formula is C16H15Cl2NO3. The van der Waals surface area contributed by atoms with Gasteiger partial charge in [0.05, 0.1) is 12.4 Å². The third-order valence-corrected chi connectivity index (χ3v) is 4.39. The minimum absolute atomic E-state index is 0.0782. The van der Waals surface area contributed by atoms with Crippen LogP contribution in [0.3, 0.4) is 0 Å². The van der Waals surface area contributed by atoms with Crippen LogP contribution in [0.1, 0.15) is 29.8 Å². The van der Waals surface area contributed by atoms with E-state index in [1.54, 1.807) is 24.5 Å². The van der Waals surface area contributed by atoms with Crippen LogP contribution in [0.5, 0.6) is 0 Å². The molecule has 1 aromatic carbocycles. The quantitative estimate of drug-likeness (QED) is 0.875. The van der Waals surface area contributed by atoms with Crippen molar-refractivity contribution >= 4 is 29.1 Å². The molecule has 0 radical (unpaired) electrons. The molecule has 1 aliphatic carbocycles. The molecule has 1 amide bonds. The van der Waals surface area contributed by atoms with Crippen molar-refractivity contribution in [3.63, 3.8) is 0 Å². The summed E-state index contributed by atoms with van der Waals surface area (Å²) in [5, 5.41) is 13.8. The van der Waals surface area contributed by atoms with E-state index in [0.29, 0.717) is 15.6 Å². The van der Waals surface area contributed by atoms with E-state index in [1.165, 1.54) is 0 Å². The Labute approximate surface area is 138 Å². The lowest BCUT2D eigenvalue weighted by Crippen LogP contribution is -2.30. The van der Waals surface area contributed by atoms with Crippen molar-refractivity contribution in [3.05, 3.63) is 58.0 Å². The van der Waals surface area contributed by atoms with E-state index in [1.807, 2.05) is 12.1 Å². The molecule has 0 bridgehead atoms. The molecular weight excluding hydrogens is 325 g/mol. The number of rotatable bonds is 5. The van der Waals surface area contributed by atoms with Crippen molar-refractivity contribution < 1.29 is 14.3 Å². The third kappa shape index (κ3) is 3.29. The predicted octanol–water partition coefficient (Wildman–Crippen LogP) is 3.54. The zero-order valence-electron chi connectivity index (χ0n) is 11.6. The first kappa shape index (κ1) is 15.4.